The number of ether oxygens (including phenoxy) is 1. The molecule has 2 heterocycles. The minimum absolute atomic E-state index is 0.0714. The van der Waals surface area contributed by atoms with E-state index in [1.54, 1.807) is 0 Å². The molecule has 3 N–H and O–H groups in total. The number of rotatable bonds is 3. The molecule has 0 amide bonds. The molecule has 0 atom stereocenters. The van der Waals surface area contributed by atoms with Crippen LogP contribution in [-0.2, 0) is 10.2 Å². The molecular formula is C16H22N2O. The van der Waals surface area contributed by atoms with Crippen LogP contribution in [0.3, 0.4) is 0 Å². The number of H-pyrrole nitrogens is 1. The van der Waals surface area contributed by atoms with E-state index in [0.717, 1.165) is 19.6 Å². The lowest BCUT2D eigenvalue weighted by atomic mass is 9.70. The third kappa shape index (κ3) is 2.07. The summed E-state index contributed by atoms with van der Waals surface area (Å²) < 4.78 is 5.54. The Kier molecular flexibility index (Phi) is 2.73. The molecule has 1 aliphatic heterocycles. The van der Waals surface area contributed by atoms with Crippen LogP contribution >= 0.6 is 0 Å². The first kappa shape index (κ1) is 12.7. The van der Waals surface area contributed by atoms with Crippen LogP contribution < -0.4 is 5.73 Å². The van der Waals surface area contributed by atoms with Gasteiger partial charge in [0.2, 0.25) is 0 Å². The van der Waals surface area contributed by atoms with Crippen molar-refractivity contribution in [3.8, 4) is 0 Å². The first-order valence-electron chi connectivity index (χ1n) is 6.86. The lowest BCUT2D eigenvalue weighted by Crippen LogP contribution is -2.53. The Morgan fingerprint density at radius 1 is 1.32 bits per heavy atom. The number of nitrogens with two attached hydrogens (primary N) is 1. The second kappa shape index (κ2) is 4.09. The maximum absolute atomic E-state index is 6.27. The SMILES string of the molecule is Cc1[nH]c2ccccc2c1C1(CC(C)(C)N)COC1. The second-order valence-corrected chi connectivity index (χ2v) is 6.61. The van der Waals surface area contributed by atoms with Gasteiger partial charge in [0.25, 0.3) is 0 Å². The minimum atomic E-state index is -0.186. The van der Waals surface area contributed by atoms with Gasteiger partial charge in [0.05, 0.1) is 13.2 Å². The van der Waals surface area contributed by atoms with E-state index in [4.69, 9.17) is 10.5 Å². The molecule has 0 aliphatic carbocycles. The monoisotopic (exact) mass is 258 g/mol. The lowest BCUT2D eigenvalue weighted by Gasteiger charge is -2.45. The smallest absolute Gasteiger partial charge is 0.0587 e. The van der Waals surface area contributed by atoms with Crippen molar-refractivity contribution < 1.29 is 4.74 Å². The van der Waals surface area contributed by atoms with Gasteiger partial charge in [0.15, 0.2) is 0 Å². The summed E-state index contributed by atoms with van der Waals surface area (Å²) >= 11 is 0. The zero-order valence-electron chi connectivity index (χ0n) is 11.9. The van der Waals surface area contributed by atoms with E-state index in [1.165, 1.54) is 22.2 Å². The van der Waals surface area contributed by atoms with Gasteiger partial charge in [-0.25, -0.2) is 0 Å². The zero-order chi connectivity index (χ0) is 13.7. The van der Waals surface area contributed by atoms with Gasteiger partial charge in [-0.3, -0.25) is 0 Å². The molecule has 2 aromatic rings. The van der Waals surface area contributed by atoms with Gasteiger partial charge in [0, 0.05) is 27.6 Å². The van der Waals surface area contributed by atoms with Crippen molar-refractivity contribution in [3.63, 3.8) is 0 Å². The van der Waals surface area contributed by atoms with Gasteiger partial charge in [-0.2, -0.15) is 0 Å². The van der Waals surface area contributed by atoms with E-state index in [1.807, 2.05) is 0 Å². The Morgan fingerprint density at radius 3 is 2.58 bits per heavy atom. The van der Waals surface area contributed by atoms with E-state index in [2.05, 4.69) is 50.0 Å². The summed E-state index contributed by atoms with van der Waals surface area (Å²) in [6, 6.07) is 8.49. The molecule has 0 saturated carbocycles. The quantitative estimate of drug-likeness (QED) is 0.889. The number of nitrogens with one attached hydrogen (secondary N) is 1. The van der Waals surface area contributed by atoms with Crippen LogP contribution in [0.1, 0.15) is 31.5 Å². The Morgan fingerprint density at radius 2 is 2.00 bits per heavy atom. The van der Waals surface area contributed by atoms with Crippen LogP contribution in [0.4, 0.5) is 0 Å². The molecule has 0 unspecified atom stereocenters. The molecule has 3 nitrogen and oxygen atoms in total. The van der Waals surface area contributed by atoms with E-state index in [-0.39, 0.29) is 11.0 Å². The maximum Gasteiger partial charge on any atom is 0.0587 e. The van der Waals surface area contributed by atoms with E-state index >= 15 is 0 Å². The van der Waals surface area contributed by atoms with Gasteiger partial charge in [-0.15, -0.1) is 0 Å². The molecule has 3 heteroatoms. The number of aromatic amines is 1. The fourth-order valence-corrected chi connectivity index (χ4v) is 3.52. The van der Waals surface area contributed by atoms with Gasteiger partial charge < -0.3 is 15.5 Å². The summed E-state index contributed by atoms with van der Waals surface area (Å²) in [5, 5.41) is 1.31. The van der Waals surface area contributed by atoms with Crippen molar-refractivity contribution in [2.75, 3.05) is 13.2 Å². The molecule has 3 rings (SSSR count). The molecule has 0 bridgehead atoms. The Balaban J connectivity index is 2.14. The number of fused-ring (bicyclic) bond motifs is 1. The summed E-state index contributed by atoms with van der Waals surface area (Å²) in [6.07, 6.45) is 0.947. The molecule has 0 spiro atoms. The summed E-state index contributed by atoms with van der Waals surface area (Å²) in [5.74, 6) is 0. The molecule has 1 saturated heterocycles. The number of aromatic nitrogens is 1. The lowest BCUT2D eigenvalue weighted by molar-refractivity contribution is -0.0714. The third-order valence-corrected chi connectivity index (χ3v) is 3.97. The topological polar surface area (TPSA) is 51.0 Å². The van der Waals surface area contributed by atoms with Crippen LogP contribution in [-0.4, -0.2) is 23.7 Å². The molecule has 19 heavy (non-hydrogen) atoms. The highest BCUT2D eigenvalue weighted by molar-refractivity contribution is 5.86. The molecule has 1 aromatic carbocycles. The molecule has 1 aliphatic rings. The van der Waals surface area contributed by atoms with Crippen LogP contribution in [0.15, 0.2) is 24.3 Å². The van der Waals surface area contributed by atoms with Crippen LogP contribution in [0.5, 0.6) is 0 Å². The molecular weight excluding hydrogens is 236 g/mol. The molecule has 1 fully saturated rings. The first-order valence-corrected chi connectivity index (χ1v) is 6.86. The van der Waals surface area contributed by atoms with E-state index in [9.17, 15) is 0 Å². The van der Waals surface area contributed by atoms with Crippen LogP contribution in [0.25, 0.3) is 10.9 Å². The summed E-state index contributed by atoms with van der Waals surface area (Å²) in [5.41, 5.74) is 10.00. The standard InChI is InChI=1S/C16H22N2O/c1-11-14(12-6-4-5-7-13(12)18-11)16(9-19-10-16)8-15(2,3)17/h4-7,18H,8-10,17H2,1-3H3. The van der Waals surface area contributed by atoms with Crippen molar-refractivity contribution >= 4 is 10.9 Å². The first-order chi connectivity index (χ1) is 8.91. The number of para-hydroxylation sites is 1. The normalized spacial score (nSPS) is 18.5. The van der Waals surface area contributed by atoms with Crippen LogP contribution in [0, 0.1) is 6.92 Å². The van der Waals surface area contributed by atoms with Crippen molar-refractivity contribution in [1.29, 1.82) is 0 Å². The fourth-order valence-electron chi connectivity index (χ4n) is 3.52. The van der Waals surface area contributed by atoms with Gasteiger partial charge in [-0.05, 0) is 38.8 Å². The summed E-state index contributed by atoms with van der Waals surface area (Å²) in [4.78, 5) is 3.49. The second-order valence-electron chi connectivity index (χ2n) is 6.61. The number of hydrogen-bond donors (Lipinski definition) is 2. The van der Waals surface area contributed by atoms with Crippen molar-refractivity contribution in [1.82, 2.24) is 4.98 Å². The summed E-state index contributed by atoms with van der Waals surface area (Å²) in [6.45, 7) is 7.89. The van der Waals surface area contributed by atoms with Crippen molar-refractivity contribution in [2.24, 2.45) is 5.73 Å². The highest BCUT2D eigenvalue weighted by Gasteiger charge is 2.45. The predicted octanol–water partition coefficient (Wildman–Crippen LogP) is 2.87. The van der Waals surface area contributed by atoms with Crippen molar-refractivity contribution in [3.05, 3.63) is 35.5 Å². The Labute approximate surface area is 114 Å². The van der Waals surface area contributed by atoms with E-state index in [0.29, 0.717) is 0 Å². The maximum atomic E-state index is 6.27. The fraction of sp³-hybridized carbons (Fsp3) is 0.500. The van der Waals surface area contributed by atoms with Gasteiger partial charge in [-0.1, -0.05) is 18.2 Å². The average Bonchev–Trinajstić information content (AvgIpc) is 2.59. The Hall–Kier alpha value is -1.32. The number of aryl methyl sites for hydroxylation is 1. The zero-order valence-corrected chi connectivity index (χ0v) is 11.9. The number of hydrogen-bond acceptors (Lipinski definition) is 2. The van der Waals surface area contributed by atoms with Crippen LogP contribution in [0.2, 0.25) is 0 Å². The highest BCUT2D eigenvalue weighted by atomic mass is 16.5. The third-order valence-electron chi connectivity index (χ3n) is 3.97. The van der Waals surface area contributed by atoms with E-state index < -0.39 is 0 Å². The average molecular weight is 258 g/mol. The highest BCUT2D eigenvalue weighted by Crippen LogP contribution is 2.43. The number of benzene rings is 1. The van der Waals surface area contributed by atoms with Crippen molar-refractivity contribution in [2.45, 2.75) is 38.1 Å². The predicted molar refractivity (Wildman–Crippen MR) is 78.4 cm³/mol. The molecule has 1 aromatic heterocycles. The Bertz CT molecular complexity index is 603. The minimum Gasteiger partial charge on any atom is -0.379 e. The van der Waals surface area contributed by atoms with Gasteiger partial charge in [0.1, 0.15) is 0 Å². The summed E-state index contributed by atoms with van der Waals surface area (Å²) in [7, 11) is 0. The largest absolute Gasteiger partial charge is 0.379 e. The molecule has 0 radical (unpaired) electrons. The molecule has 102 valence electrons. The van der Waals surface area contributed by atoms with Gasteiger partial charge >= 0.3 is 0 Å².